The van der Waals surface area contributed by atoms with Crippen LogP contribution in [0, 0.1) is 11.3 Å². The minimum absolute atomic E-state index is 0.135. The normalized spacial score (nSPS) is 31.2. The molecule has 2 fully saturated rings. The molecule has 2 atom stereocenters. The van der Waals surface area contributed by atoms with Gasteiger partial charge in [-0.05, 0) is 44.1 Å². The van der Waals surface area contributed by atoms with E-state index in [1.54, 1.807) is 0 Å². The van der Waals surface area contributed by atoms with Gasteiger partial charge in [-0.3, -0.25) is 0 Å². The van der Waals surface area contributed by atoms with Crippen molar-refractivity contribution < 1.29 is 5.11 Å². The lowest BCUT2D eigenvalue weighted by Gasteiger charge is -2.35. The number of alkyl halides is 1. The van der Waals surface area contributed by atoms with E-state index in [1.165, 1.54) is 58.0 Å². The molecule has 0 aromatic heterocycles. The number of likely N-dealkylation sites (tertiary alicyclic amines) is 1. The lowest BCUT2D eigenvalue weighted by Crippen LogP contribution is -2.38. The molecule has 2 nitrogen and oxygen atoms in total. The summed E-state index contributed by atoms with van der Waals surface area (Å²) in [6, 6.07) is 0. The highest BCUT2D eigenvalue weighted by atomic mass is 79.9. The molecule has 2 unspecified atom stereocenters. The largest absolute Gasteiger partial charge is 0.393 e. The van der Waals surface area contributed by atoms with E-state index in [0.29, 0.717) is 11.3 Å². The Morgan fingerprint density at radius 2 is 1.94 bits per heavy atom. The minimum Gasteiger partial charge on any atom is -0.393 e. The fourth-order valence-corrected chi connectivity index (χ4v) is 4.42. The maximum atomic E-state index is 9.71. The monoisotopic (exact) mass is 317 g/mol. The van der Waals surface area contributed by atoms with Crippen molar-refractivity contribution in [2.24, 2.45) is 11.3 Å². The summed E-state index contributed by atoms with van der Waals surface area (Å²) in [5, 5.41) is 10.9. The highest BCUT2D eigenvalue weighted by Gasteiger charge is 2.35. The number of aliphatic hydroxyl groups is 1. The summed E-state index contributed by atoms with van der Waals surface area (Å²) in [5.41, 5.74) is 0.504. The van der Waals surface area contributed by atoms with E-state index in [2.05, 4.69) is 20.8 Å². The summed E-state index contributed by atoms with van der Waals surface area (Å²) in [6.45, 7) is 5.47. The molecule has 3 heteroatoms. The van der Waals surface area contributed by atoms with Crippen molar-refractivity contribution in [3.63, 3.8) is 0 Å². The summed E-state index contributed by atoms with van der Waals surface area (Å²) in [6.07, 6.45) is 9.46. The van der Waals surface area contributed by atoms with E-state index in [1.807, 2.05) is 6.92 Å². The Morgan fingerprint density at radius 1 is 1.28 bits per heavy atom. The maximum absolute atomic E-state index is 9.71. The molecule has 1 heterocycles. The van der Waals surface area contributed by atoms with Crippen molar-refractivity contribution >= 4 is 15.9 Å². The Kier molecular flexibility index (Phi) is 5.52. The number of hydrogen-bond acceptors (Lipinski definition) is 2. The van der Waals surface area contributed by atoms with Gasteiger partial charge in [0.05, 0.1) is 6.10 Å². The Morgan fingerprint density at radius 3 is 2.44 bits per heavy atom. The maximum Gasteiger partial charge on any atom is 0.0552 e. The third-order valence-corrected chi connectivity index (χ3v) is 6.19. The van der Waals surface area contributed by atoms with Gasteiger partial charge >= 0.3 is 0 Å². The summed E-state index contributed by atoms with van der Waals surface area (Å²) in [5.74, 6) is 0.503. The molecule has 0 aromatic rings. The zero-order valence-electron chi connectivity index (χ0n) is 11.7. The fraction of sp³-hybridized carbons (Fsp3) is 1.00. The zero-order chi connectivity index (χ0) is 13.0. The number of hydrogen-bond donors (Lipinski definition) is 1. The molecule has 18 heavy (non-hydrogen) atoms. The molecule has 2 aliphatic rings. The van der Waals surface area contributed by atoms with Crippen LogP contribution in [0.4, 0.5) is 0 Å². The standard InChI is InChI=1S/C15H28BrNO/c1-13(18)14-6-9-17(10-14)12-15(11-16)7-4-2-3-5-8-15/h13-14,18H,2-12H2,1H3. The van der Waals surface area contributed by atoms with Crippen LogP contribution in [0.1, 0.15) is 51.9 Å². The van der Waals surface area contributed by atoms with E-state index in [9.17, 15) is 5.11 Å². The predicted molar refractivity (Wildman–Crippen MR) is 80.2 cm³/mol. The van der Waals surface area contributed by atoms with Gasteiger partial charge in [0.25, 0.3) is 0 Å². The summed E-state index contributed by atoms with van der Waals surface area (Å²) >= 11 is 3.78. The zero-order valence-corrected chi connectivity index (χ0v) is 13.3. The van der Waals surface area contributed by atoms with E-state index in [0.717, 1.165) is 11.9 Å². The Hall–Kier alpha value is 0.400. The molecular formula is C15H28BrNO. The van der Waals surface area contributed by atoms with Crippen LogP contribution in [-0.2, 0) is 0 Å². The Balaban J connectivity index is 1.90. The Labute approximate surface area is 120 Å². The summed E-state index contributed by atoms with van der Waals surface area (Å²) in [7, 11) is 0. The highest BCUT2D eigenvalue weighted by Crippen LogP contribution is 2.38. The second-order valence-corrected chi connectivity index (χ2v) is 7.13. The predicted octanol–water partition coefficient (Wildman–Crippen LogP) is 3.42. The average Bonchev–Trinajstić information content (AvgIpc) is 2.69. The lowest BCUT2D eigenvalue weighted by molar-refractivity contribution is 0.117. The molecule has 1 saturated heterocycles. The van der Waals surface area contributed by atoms with Crippen LogP contribution in [0.2, 0.25) is 0 Å². The second kappa shape index (κ2) is 6.71. The van der Waals surface area contributed by atoms with Crippen LogP contribution in [0.25, 0.3) is 0 Å². The molecule has 0 spiro atoms. The van der Waals surface area contributed by atoms with Crippen molar-refractivity contribution in [2.75, 3.05) is 25.0 Å². The van der Waals surface area contributed by atoms with Gasteiger partial charge in [-0.15, -0.1) is 0 Å². The second-order valence-electron chi connectivity index (χ2n) is 6.57. The number of rotatable bonds is 4. The van der Waals surface area contributed by atoms with Gasteiger partial charge in [-0.25, -0.2) is 0 Å². The number of nitrogens with zero attached hydrogens (tertiary/aromatic N) is 1. The lowest BCUT2D eigenvalue weighted by atomic mass is 9.82. The molecule has 0 aromatic carbocycles. The van der Waals surface area contributed by atoms with Crippen molar-refractivity contribution in [1.82, 2.24) is 4.90 Å². The molecule has 0 radical (unpaired) electrons. The van der Waals surface area contributed by atoms with Crippen LogP contribution in [0.5, 0.6) is 0 Å². The molecule has 1 aliphatic heterocycles. The van der Waals surface area contributed by atoms with Gasteiger partial charge in [0.1, 0.15) is 0 Å². The first kappa shape index (κ1) is 14.8. The quantitative estimate of drug-likeness (QED) is 0.634. The van der Waals surface area contributed by atoms with Crippen molar-refractivity contribution in [2.45, 2.75) is 58.0 Å². The molecule has 1 N–H and O–H groups in total. The number of halogens is 1. The average molecular weight is 318 g/mol. The van der Waals surface area contributed by atoms with Gasteiger partial charge in [0.2, 0.25) is 0 Å². The van der Waals surface area contributed by atoms with Crippen molar-refractivity contribution in [3.05, 3.63) is 0 Å². The fourth-order valence-electron chi connectivity index (χ4n) is 3.69. The number of aliphatic hydroxyl groups excluding tert-OH is 1. The van der Waals surface area contributed by atoms with Crippen LogP contribution < -0.4 is 0 Å². The smallest absolute Gasteiger partial charge is 0.0552 e. The highest BCUT2D eigenvalue weighted by molar-refractivity contribution is 9.09. The molecule has 0 bridgehead atoms. The molecule has 1 saturated carbocycles. The summed E-state index contributed by atoms with van der Waals surface area (Å²) < 4.78 is 0. The van der Waals surface area contributed by atoms with E-state index in [-0.39, 0.29) is 6.10 Å². The van der Waals surface area contributed by atoms with Gasteiger partial charge < -0.3 is 10.0 Å². The van der Waals surface area contributed by atoms with Gasteiger partial charge in [-0.1, -0.05) is 41.6 Å². The van der Waals surface area contributed by atoms with Gasteiger partial charge in [0, 0.05) is 18.4 Å². The van der Waals surface area contributed by atoms with Crippen molar-refractivity contribution in [3.8, 4) is 0 Å². The molecule has 2 rings (SSSR count). The van der Waals surface area contributed by atoms with Crippen LogP contribution >= 0.6 is 15.9 Å². The van der Waals surface area contributed by atoms with Crippen LogP contribution in [-0.4, -0.2) is 41.1 Å². The van der Waals surface area contributed by atoms with Gasteiger partial charge in [-0.2, -0.15) is 0 Å². The first-order chi connectivity index (χ1) is 8.65. The first-order valence-corrected chi connectivity index (χ1v) is 8.74. The Bertz CT molecular complexity index is 249. The molecule has 106 valence electrons. The SMILES string of the molecule is CC(O)C1CCN(CC2(CBr)CCCCCC2)C1. The van der Waals surface area contributed by atoms with Gasteiger partial charge in [0.15, 0.2) is 0 Å². The van der Waals surface area contributed by atoms with E-state index in [4.69, 9.17) is 0 Å². The molecule has 1 aliphatic carbocycles. The first-order valence-electron chi connectivity index (χ1n) is 7.62. The topological polar surface area (TPSA) is 23.5 Å². The van der Waals surface area contributed by atoms with Crippen LogP contribution in [0.3, 0.4) is 0 Å². The van der Waals surface area contributed by atoms with E-state index < -0.39 is 0 Å². The minimum atomic E-state index is -0.135. The van der Waals surface area contributed by atoms with Crippen molar-refractivity contribution in [1.29, 1.82) is 0 Å². The molecular weight excluding hydrogens is 290 g/mol. The summed E-state index contributed by atoms with van der Waals surface area (Å²) in [4.78, 5) is 2.60. The van der Waals surface area contributed by atoms with Crippen LogP contribution in [0.15, 0.2) is 0 Å². The molecule has 0 amide bonds. The van der Waals surface area contributed by atoms with E-state index >= 15 is 0 Å². The third kappa shape index (κ3) is 3.71. The third-order valence-electron chi connectivity index (χ3n) is 5.00.